The first kappa shape index (κ1) is 22.8. The molecule has 0 aliphatic carbocycles. The molecule has 2 N–H and O–H groups in total. The molecular weight excluding hydrogens is 452 g/mol. The van der Waals surface area contributed by atoms with Crippen molar-refractivity contribution in [3.63, 3.8) is 0 Å². The molecule has 2 aliphatic heterocycles. The lowest BCUT2D eigenvalue weighted by atomic mass is 9.93. The van der Waals surface area contributed by atoms with Crippen LogP contribution in [-0.2, 0) is 12.8 Å². The smallest absolute Gasteiger partial charge is 0.137 e. The Hall–Kier alpha value is -3.65. The van der Waals surface area contributed by atoms with Gasteiger partial charge < -0.3 is 19.7 Å². The summed E-state index contributed by atoms with van der Waals surface area (Å²) in [5, 5.41) is 11.7. The molecule has 2 aromatic carbocycles. The first-order chi connectivity index (χ1) is 17.7. The van der Waals surface area contributed by atoms with Gasteiger partial charge in [-0.3, -0.25) is 5.10 Å². The quantitative estimate of drug-likeness (QED) is 0.385. The van der Waals surface area contributed by atoms with Gasteiger partial charge in [0.25, 0.3) is 0 Å². The number of hydrogen-bond donors (Lipinski definition) is 2. The van der Waals surface area contributed by atoms with Gasteiger partial charge in [-0.2, -0.15) is 5.10 Å². The number of anilines is 1. The van der Waals surface area contributed by atoms with Crippen molar-refractivity contribution < 1.29 is 9.47 Å². The summed E-state index contributed by atoms with van der Waals surface area (Å²) in [6.07, 6.45) is 8.02. The summed E-state index contributed by atoms with van der Waals surface area (Å²) in [4.78, 5) is 12.5. The number of H-pyrrole nitrogens is 1. The standard InChI is InChI=1S/C28H32N6O2/c1-35-23-5-7-26-21(14-23)12-19(18-36-26)13-27-32-25-15-20(22-16-30-31-17-22)4-6-24(25)28(33-27)29-8-11-34-9-2-3-10-34/h4-7,14-17,19H,2-3,8-13,18H2,1H3,(H,30,31)(H,29,32,33). The monoisotopic (exact) mass is 484 g/mol. The average molecular weight is 485 g/mol. The van der Waals surface area contributed by atoms with Crippen molar-refractivity contribution in [2.24, 2.45) is 5.92 Å². The number of hydrogen-bond acceptors (Lipinski definition) is 7. The molecule has 4 aromatic rings. The third-order valence-electron chi connectivity index (χ3n) is 7.22. The lowest BCUT2D eigenvalue weighted by Crippen LogP contribution is -2.26. The number of nitrogens with one attached hydrogen (secondary N) is 2. The van der Waals surface area contributed by atoms with Gasteiger partial charge in [0.2, 0.25) is 0 Å². The number of likely N-dealkylation sites (tertiary alicyclic amines) is 1. The molecule has 186 valence electrons. The van der Waals surface area contributed by atoms with Gasteiger partial charge in [0.1, 0.15) is 23.1 Å². The van der Waals surface area contributed by atoms with E-state index in [1.54, 1.807) is 7.11 Å². The minimum atomic E-state index is 0.302. The maximum Gasteiger partial charge on any atom is 0.137 e. The molecule has 1 saturated heterocycles. The van der Waals surface area contributed by atoms with Crippen molar-refractivity contribution in [1.29, 1.82) is 0 Å². The van der Waals surface area contributed by atoms with Crippen LogP contribution in [0.4, 0.5) is 5.82 Å². The molecule has 0 radical (unpaired) electrons. The summed E-state index contributed by atoms with van der Waals surface area (Å²) in [5.74, 6) is 3.86. The zero-order chi connectivity index (χ0) is 24.3. The molecule has 8 heteroatoms. The highest BCUT2D eigenvalue weighted by atomic mass is 16.5. The van der Waals surface area contributed by atoms with Gasteiger partial charge in [0, 0.05) is 42.6 Å². The second-order valence-electron chi connectivity index (χ2n) is 9.74. The molecule has 0 saturated carbocycles. The van der Waals surface area contributed by atoms with E-state index in [0.717, 1.165) is 71.1 Å². The predicted octanol–water partition coefficient (Wildman–Crippen LogP) is 4.33. The SMILES string of the molecule is COc1ccc2c(c1)CC(Cc1nc(NCCN3CCCC3)c3ccc(-c4cn[nH]c4)cc3n1)CO2. The fourth-order valence-corrected chi connectivity index (χ4v) is 5.28. The van der Waals surface area contributed by atoms with E-state index < -0.39 is 0 Å². The number of ether oxygens (including phenoxy) is 2. The average Bonchev–Trinajstić information content (AvgIpc) is 3.63. The second kappa shape index (κ2) is 10.1. The molecule has 1 unspecified atom stereocenters. The van der Waals surface area contributed by atoms with Crippen molar-refractivity contribution >= 4 is 16.7 Å². The molecule has 8 nitrogen and oxygen atoms in total. The van der Waals surface area contributed by atoms with Crippen molar-refractivity contribution in [1.82, 2.24) is 25.1 Å². The third-order valence-corrected chi connectivity index (χ3v) is 7.22. The molecule has 6 rings (SSSR count). The Morgan fingerprint density at radius 1 is 1.11 bits per heavy atom. The van der Waals surface area contributed by atoms with E-state index in [1.165, 1.54) is 31.5 Å². The van der Waals surface area contributed by atoms with E-state index in [2.05, 4.69) is 44.7 Å². The number of methoxy groups -OCH3 is 1. The van der Waals surface area contributed by atoms with Crippen LogP contribution in [0.25, 0.3) is 22.0 Å². The molecule has 36 heavy (non-hydrogen) atoms. The lowest BCUT2D eigenvalue weighted by molar-refractivity contribution is 0.219. The number of nitrogens with zero attached hydrogens (tertiary/aromatic N) is 4. The van der Waals surface area contributed by atoms with Gasteiger partial charge in [-0.25, -0.2) is 9.97 Å². The summed E-state index contributed by atoms with van der Waals surface area (Å²) < 4.78 is 11.5. The van der Waals surface area contributed by atoms with Gasteiger partial charge in [-0.15, -0.1) is 0 Å². The lowest BCUT2D eigenvalue weighted by Gasteiger charge is -2.25. The van der Waals surface area contributed by atoms with E-state index in [-0.39, 0.29) is 0 Å². The minimum absolute atomic E-state index is 0.302. The zero-order valence-electron chi connectivity index (χ0n) is 20.7. The van der Waals surface area contributed by atoms with Crippen LogP contribution < -0.4 is 14.8 Å². The van der Waals surface area contributed by atoms with Crippen LogP contribution in [0.2, 0.25) is 0 Å². The number of fused-ring (bicyclic) bond motifs is 2. The van der Waals surface area contributed by atoms with Crippen LogP contribution in [0.3, 0.4) is 0 Å². The maximum absolute atomic E-state index is 6.07. The number of benzene rings is 2. The summed E-state index contributed by atoms with van der Waals surface area (Å²) in [6.45, 7) is 4.95. The minimum Gasteiger partial charge on any atom is -0.497 e. The molecule has 2 aliphatic rings. The predicted molar refractivity (Wildman–Crippen MR) is 141 cm³/mol. The summed E-state index contributed by atoms with van der Waals surface area (Å²) in [5.41, 5.74) is 4.26. The highest BCUT2D eigenvalue weighted by Crippen LogP contribution is 2.32. The van der Waals surface area contributed by atoms with Crippen molar-refractivity contribution in [2.75, 3.05) is 45.2 Å². The Bertz CT molecular complexity index is 1330. The highest BCUT2D eigenvalue weighted by Gasteiger charge is 2.23. The van der Waals surface area contributed by atoms with E-state index in [0.29, 0.717) is 12.5 Å². The fourth-order valence-electron chi connectivity index (χ4n) is 5.28. The van der Waals surface area contributed by atoms with Gasteiger partial charge >= 0.3 is 0 Å². The van der Waals surface area contributed by atoms with Crippen LogP contribution in [0.1, 0.15) is 24.2 Å². The van der Waals surface area contributed by atoms with Crippen molar-refractivity contribution in [2.45, 2.75) is 25.7 Å². The van der Waals surface area contributed by atoms with E-state index in [9.17, 15) is 0 Å². The van der Waals surface area contributed by atoms with Crippen LogP contribution in [0.15, 0.2) is 48.8 Å². The third kappa shape index (κ3) is 4.86. The Morgan fingerprint density at radius 2 is 2.03 bits per heavy atom. The molecule has 0 amide bonds. The largest absolute Gasteiger partial charge is 0.497 e. The Balaban J connectivity index is 1.27. The van der Waals surface area contributed by atoms with Crippen LogP contribution >= 0.6 is 0 Å². The van der Waals surface area contributed by atoms with E-state index >= 15 is 0 Å². The fraction of sp³-hybridized carbons (Fsp3) is 0.393. The summed E-state index contributed by atoms with van der Waals surface area (Å²) >= 11 is 0. The molecule has 0 spiro atoms. The van der Waals surface area contributed by atoms with Gasteiger partial charge in [-0.1, -0.05) is 6.07 Å². The van der Waals surface area contributed by atoms with Crippen LogP contribution in [0.5, 0.6) is 11.5 Å². The number of rotatable bonds is 8. The highest BCUT2D eigenvalue weighted by molar-refractivity contribution is 5.92. The normalized spacial score (nSPS) is 17.6. The Kier molecular flexibility index (Phi) is 6.42. The first-order valence-electron chi connectivity index (χ1n) is 12.8. The molecule has 2 aromatic heterocycles. The van der Waals surface area contributed by atoms with Crippen molar-refractivity contribution in [3.8, 4) is 22.6 Å². The topological polar surface area (TPSA) is 88.2 Å². The second-order valence-corrected chi connectivity index (χ2v) is 9.74. The number of aromatic nitrogens is 4. The number of aromatic amines is 1. The van der Waals surface area contributed by atoms with E-state index in [1.807, 2.05) is 24.5 Å². The molecule has 4 heterocycles. The van der Waals surface area contributed by atoms with Gasteiger partial charge in [0.15, 0.2) is 0 Å². The molecule has 1 fully saturated rings. The maximum atomic E-state index is 6.07. The molecule has 0 bridgehead atoms. The summed E-state index contributed by atoms with van der Waals surface area (Å²) in [6, 6.07) is 12.4. The summed E-state index contributed by atoms with van der Waals surface area (Å²) in [7, 11) is 1.70. The van der Waals surface area contributed by atoms with Gasteiger partial charge in [0.05, 0.1) is 25.4 Å². The molecule has 1 atom stereocenters. The Morgan fingerprint density at radius 3 is 2.86 bits per heavy atom. The van der Waals surface area contributed by atoms with Crippen LogP contribution in [-0.4, -0.2) is 65.0 Å². The zero-order valence-corrected chi connectivity index (χ0v) is 20.7. The van der Waals surface area contributed by atoms with E-state index in [4.69, 9.17) is 19.4 Å². The first-order valence-corrected chi connectivity index (χ1v) is 12.8. The molecular formula is C28H32N6O2. The van der Waals surface area contributed by atoms with Crippen molar-refractivity contribution in [3.05, 3.63) is 60.2 Å². The van der Waals surface area contributed by atoms with Gasteiger partial charge in [-0.05, 0) is 73.8 Å². The van der Waals surface area contributed by atoms with Crippen LogP contribution in [0, 0.1) is 5.92 Å². The Labute approximate surface area is 211 Å².